The third kappa shape index (κ3) is 1.65. The average molecular weight is 241 g/mol. The number of hydrogen-bond acceptors (Lipinski definition) is 3. The number of ketones is 1. The zero-order chi connectivity index (χ0) is 12.5. The van der Waals surface area contributed by atoms with Crippen molar-refractivity contribution in [3.8, 4) is 11.3 Å². The summed E-state index contributed by atoms with van der Waals surface area (Å²) in [7, 11) is 0. The average Bonchev–Trinajstić information content (AvgIpc) is 2.98. The first kappa shape index (κ1) is 11.1. The van der Waals surface area contributed by atoms with Crippen LogP contribution in [0.1, 0.15) is 35.7 Å². The summed E-state index contributed by atoms with van der Waals surface area (Å²) in [6.07, 6.45) is 4.27. The molecule has 0 radical (unpaired) electrons. The van der Waals surface area contributed by atoms with Crippen LogP contribution in [0.25, 0.3) is 11.3 Å². The maximum atomic E-state index is 11.8. The lowest BCUT2D eigenvalue weighted by Crippen LogP contribution is -2.03. The van der Waals surface area contributed by atoms with Gasteiger partial charge in [0.15, 0.2) is 5.78 Å². The van der Waals surface area contributed by atoms with Crippen LogP contribution in [0.15, 0.2) is 24.4 Å². The number of nitrogens with zero attached hydrogens (tertiary/aromatic N) is 3. The molecule has 0 saturated carbocycles. The molecule has 0 unspecified atom stereocenters. The summed E-state index contributed by atoms with van der Waals surface area (Å²) in [6.45, 7) is 2.97. The van der Waals surface area contributed by atoms with Crippen LogP contribution in [0, 0.1) is 0 Å². The second-order valence-corrected chi connectivity index (χ2v) is 4.60. The third-order valence-corrected chi connectivity index (χ3v) is 3.41. The Morgan fingerprint density at radius 2 is 2.11 bits per heavy atom. The molecule has 0 bridgehead atoms. The lowest BCUT2D eigenvalue weighted by Gasteiger charge is -2.09. The quantitative estimate of drug-likeness (QED) is 0.829. The molecule has 0 N–H and O–H groups in total. The molecule has 0 atom stereocenters. The van der Waals surface area contributed by atoms with Gasteiger partial charge in [0.2, 0.25) is 0 Å². The second kappa shape index (κ2) is 4.37. The van der Waals surface area contributed by atoms with Gasteiger partial charge >= 0.3 is 0 Å². The molecule has 3 rings (SSSR count). The smallest absolute Gasteiger partial charge is 0.163 e. The fourth-order valence-corrected chi connectivity index (χ4v) is 2.57. The van der Waals surface area contributed by atoms with Crippen molar-refractivity contribution in [2.45, 2.75) is 32.7 Å². The van der Waals surface area contributed by atoms with Crippen LogP contribution in [-0.2, 0) is 13.0 Å². The number of aromatic nitrogens is 3. The number of fused-ring (bicyclic) bond motifs is 1. The van der Waals surface area contributed by atoms with Crippen molar-refractivity contribution in [1.29, 1.82) is 0 Å². The molecule has 92 valence electrons. The van der Waals surface area contributed by atoms with E-state index in [9.17, 15) is 4.79 Å². The van der Waals surface area contributed by atoms with Crippen molar-refractivity contribution in [2.24, 2.45) is 0 Å². The van der Waals surface area contributed by atoms with Gasteiger partial charge in [-0.2, -0.15) is 0 Å². The van der Waals surface area contributed by atoms with E-state index < -0.39 is 0 Å². The molecule has 0 saturated heterocycles. The van der Waals surface area contributed by atoms with Crippen LogP contribution in [-0.4, -0.2) is 20.8 Å². The van der Waals surface area contributed by atoms with Crippen LogP contribution < -0.4 is 0 Å². The highest BCUT2D eigenvalue weighted by Crippen LogP contribution is 2.31. The van der Waals surface area contributed by atoms with E-state index in [2.05, 4.69) is 23.3 Å². The van der Waals surface area contributed by atoms with Gasteiger partial charge in [-0.1, -0.05) is 30.3 Å². The molecule has 1 aromatic heterocycles. The Morgan fingerprint density at radius 3 is 2.94 bits per heavy atom. The topological polar surface area (TPSA) is 47.8 Å². The molecule has 1 heterocycles. The summed E-state index contributed by atoms with van der Waals surface area (Å²) >= 11 is 0. The van der Waals surface area contributed by atoms with Gasteiger partial charge < -0.3 is 0 Å². The van der Waals surface area contributed by atoms with Crippen LogP contribution in [0.4, 0.5) is 0 Å². The maximum absolute atomic E-state index is 11.8. The Balaban J connectivity index is 2.13. The number of benzene rings is 1. The van der Waals surface area contributed by atoms with Gasteiger partial charge in [0.05, 0.1) is 11.9 Å². The zero-order valence-corrected chi connectivity index (χ0v) is 10.4. The molecule has 4 nitrogen and oxygen atoms in total. The summed E-state index contributed by atoms with van der Waals surface area (Å²) in [6, 6.07) is 5.92. The van der Waals surface area contributed by atoms with Crippen molar-refractivity contribution in [1.82, 2.24) is 15.0 Å². The fourth-order valence-electron chi connectivity index (χ4n) is 2.57. The van der Waals surface area contributed by atoms with Crippen LogP contribution in [0.3, 0.4) is 0 Å². The first-order chi connectivity index (χ1) is 8.81. The van der Waals surface area contributed by atoms with Crippen LogP contribution in [0.5, 0.6) is 0 Å². The summed E-state index contributed by atoms with van der Waals surface area (Å²) in [4.78, 5) is 11.8. The number of carbonyl (C=O) groups is 1. The van der Waals surface area contributed by atoms with Crippen molar-refractivity contribution in [2.75, 3.05) is 0 Å². The highest BCUT2D eigenvalue weighted by Gasteiger charge is 2.23. The van der Waals surface area contributed by atoms with E-state index in [0.29, 0.717) is 6.42 Å². The molecule has 1 aromatic carbocycles. The second-order valence-electron chi connectivity index (χ2n) is 4.60. The molecular formula is C14H15N3O. The summed E-state index contributed by atoms with van der Waals surface area (Å²) in [5.74, 6) is 0.251. The van der Waals surface area contributed by atoms with Gasteiger partial charge in [-0.05, 0) is 18.4 Å². The molecule has 1 aliphatic carbocycles. The summed E-state index contributed by atoms with van der Waals surface area (Å²) in [5, 5.41) is 8.10. The van der Waals surface area contributed by atoms with E-state index in [4.69, 9.17) is 0 Å². The minimum atomic E-state index is 0.251. The van der Waals surface area contributed by atoms with Gasteiger partial charge in [-0.3, -0.25) is 4.79 Å². The number of aryl methyl sites for hydroxylation is 1. The number of rotatable bonds is 3. The Kier molecular flexibility index (Phi) is 2.70. The lowest BCUT2D eigenvalue weighted by molar-refractivity contribution is 0.0994. The highest BCUT2D eigenvalue weighted by atomic mass is 16.1. The molecule has 18 heavy (non-hydrogen) atoms. The van der Waals surface area contributed by atoms with Gasteiger partial charge in [0.25, 0.3) is 0 Å². The Hall–Kier alpha value is -1.97. The standard InChI is InChI=1S/C14H15N3O/c1-2-8-17-13(9-15-16-17)11-4-3-5-12-10(11)6-7-14(12)18/h3-5,9H,2,6-8H2,1H3. The first-order valence-corrected chi connectivity index (χ1v) is 6.35. The van der Waals surface area contributed by atoms with Crippen LogP contribution in [0.2, 0.25) is 0 Å². The molecule has 0 aliphatic heterocycles. The van der Waals surface area contributed by atoms with Crippen molar-refractivity contribution < 1.29 is 4.79 Å². The van der Waals surface area contributed by atoms with Gasteiger partial charge in [-0.15, -0.1) is 5.10 Å². The normalized spacial score (nSPS) is 13.9. The third-order valence-electron chi connectivity index (χ3n) is 3.41. The molecule has 4 heteroatoms. The molecule has 0 spiro atoms. The van der Waals surface area contributed by atoms with E-state index in [0.717, 1.165) is 41.8 Å². The highest BCUT2D eigenvalue weighted by molar-refractivity contribution is 6.02. The zero-order valence-electron chi connectivity index (χ0n) is 10.4. The van der Waals surface area contributed by atoms with Crippen molar-refractivity contribution in [3.05, 3.63) is 35.5 Å². The minimum absolute atomic E-state index is 0.251. The number of hydrogen-bond donors (Lipinski definition) is 0. The largest absolute Gasteiger partial charge is 0.294 e. The molecule has 1 aliphatic rings. The van der Waals surface area contributed by atoms with Crippen LogP contribution >= 0.6 is 0 Å². The van der Waals surface area contributed by atoms with Crippen molar-refractivity contribution >= 4 is 5.78 Å². The Morgan fingerprint density at radius 1 is 1.28 bits per heavy atom. The van der Waals surface area contributed by atoms with E-state index in [1.165, 1.54) is 0 Å². The molecule has 0 fully saturated rings. The van der Waals surface area contributed by atoms with E-state index in [1.807, 2.05) is 16.8 Å². The predicted molar refractivity (Wildman–Crippen MR) is 68.4 cm³/mol. The number of Topliss-reactive ketones (excluding diaryl/α,β-unsaturated/α-hetero) is 1. The van der Waals surface area contributed by atoms with Crippen molar-refractivity contribution in [3.63, 3.8) is 0 Å². The first-order valence-electron chi connectivity index (χ1n) is 6.35. The Labute approximate surface area is 106 Å². The SMILES string of the molecule is CCCn1nncc1-c1cccc2c1CCC2=O. The monoisotopic (exact) mass is 241 g/mol. The fraction of sp³-hybridized carbons (Fsp3) is 0.357. The van der Waals surface area contributed by atoms with Gasteiger partial charge in [0.1, 0.15) is 0 Å². The number of carbonyl (C=O) groups excluding carboxylic acids is 1. The minimum Gasteiger partial charge on any atom is -0.294 e. The van der Waals surface area contributed by atoms with Gasteiger partial charge in [-0.25, -0.2) is 4.68 Å². The lowest BCUT2D eigenvalue weighted by atomic mass is 10.0. The predicted octanol–water partition coefficient (Wildman–Crippen LogP) is 2.48. The molecular weight excluding hydrogens is 226 g/mol. The molecule has 2 aromatic rings. The van der Waals surface area contributed by atoms with E-state index in [1.54, 1.807) is 6.20 Å². The maximum Gasteiger partial charge on any atom is 0.163 e. The van der Waals surface area contributed by atoms with Gasteiger partial charge in [0, 0.05) is 24.1 Å². The van der Waals surface area contributed by atoms with E-state index in [-0.39, 0.29) is 5.78 Å². The van der Waals surface area contributed by atoms with E-state index >= 15 is 0 Å². The molecule has 0 amide bonds. The summed E-state index contributed by atoms with van der Waals surface area (Å²) in [5.41, 5.74) is 4.15. The summed E-state index contributed by atoms with van der Waals surface area (Å²) < 4.78 is 1.92. The Bertz CT molecular complexity index is 601.